The van der Waals surface area contributed by atoms with Gasteiger partial charge in [-0.1, -0.05) is 18.2 Å². The van der Waals surface area contributed by atoms with Crippen LogP contribution in [-0.2, 0) is 0 Å². The standard InChI is InChI=1S/C12H15F3N2O.2ClH/c13-12(14,15)11(17-7-5-16-6-8-17)9-3-1-2-4-10(9)18;;/h1-4,11,16,18H,5-8H2;2*1H/t11-;;/m0../s1. The molecule has 1 fully saturated rings. The molecular formula is C12H17Cl2F3N2O. The molecule has 2 rings (SSSR count). The van der Waals surface area contributed by atoms with Gasteiger partial charge in [0.15, 0.2) is 0 Å². The molecule has 2 N–H and O–H groups in total. The SMILES string of the molecule is Cl.Cl.Oc1ccccc1[C@H](N1CCNCC1)C(F)(F)F. The number of halogens is 5. The van der Waals surface area contributed by atoms with Crippen molar-refractivity contribution in [1.82, 2.24) is 10.2 Å². The Labute approximate surface area is 128 Å². The molecule has 0 unspecified atom stereocenters. The Morgan fingerprint density at radius 2 is 1.65 bits per heavy atom. The first-order chi connectivity index (χ1) is 8.50. The van der Waals surface area contributed by atoms with Crippen molar-refractivity contribution in [2.75, 3.05) is 26.2 Å². The second kappa shape index (κ2) is 7.93. The number of nitrogens with one attached hydrogen (secondary N) is 1. The van der Waals surface area contributed by atoms with Gasteiger partial charge in [-0.15, -0.1) is 24.8 Å². The van der Waals surface area contributed by atoms with Crippen LogP contribution in [0, 0.1) is 0 Å². The molecule has 1 saturated heterocycles. The van der Waals surface area contributed by atoms with Gasteiger partial charge in [0.05, 0.1) is 0 Å². The molecule has 20 heavy (non-hydrogen) atoms. The molecule has 1 aliphatic heterocycles. The molecule has 3 nitrogen and oxygen atoms in total. The van der Waals surface area contributed by atoms with E-state index in [1.54, 1.807) is 0 Å². The lowest BCUT2D eigenvalue weighted by atomic mass is 10.0. The maximum atomic E-state index is 13.2. The smallest absolute Gasteiger partial charge is 0.408 e. The molecular weight excluding hydrogens is 316 g/mol. The second-order valence-corrected chi connectivity index (χ2v) is 4.29. The van der Waals surface area contributed by atoms with Crippen LogP contribution in [-0.4, -0.2) is 42.4 Å². The van der Waals surface area contributed by atoms with Crippen molar-refractivity contribution in [3.8, 4) is 5.75 Å². The van der Waals surface area contributed by atoms with Gasteiger partial charge < -0.3 is 10.4 Å². The van der Waals surface area contributed by atoms with Crippen LogP contribution in [0.1, 0.15) is 11.6 Å². The van der Waals surface area contributed by atoms with Gasteiger partial charge in [-0.2, -0.15) is 13.2 Å². The number of alkyl halides is 3. The van der Waals surface area contributed by atoms with E-state index in [0.29, 0.717) is 26.2 Å². The Balaban J connectivity index is 0.00000180. The molecule has 0 spiro atoms. The summed E-state index contributed by atoms with van der Waals surface area (Å²) in [5, 5.41) is 12.6. The lowest BCUT2D eigenvalue weighted by Gasteiger charge is -2.36. The molecule has 8 heteroatoms. The van der Waals surface area contributed by atoms with Crippen molar-refractivity contribution in [2.45, 2.75) is 12.2 Å². The van der Waals surface area contributed by atoms with Gasteiger partial charge >= 0.3 is 6.18 Å². The molecule has 1 atom stereocenters. The first kappa shape index (κ1) is 19.3. The predicted octanol–water partition coefficient (Wildman–Crippen LogP) is 2.74. The van der Waals surface area contributed by atoms with Crippen molar-refractivity contribution < 1.29 is 18.3 Å². The molecule has 1 heterocycles. The highest BCUT2D eigenvalue weighted by Crippen LogP contribution is 2.40. The minimum atomic E-state index is -4.39. The zero-order valence-electron chi connectivity index (χ0n) is 10.6. The van der Waals surface area contributed by atoms with Crippen LogP contribution in [0.15, 0.2) is 24.3 Å². The summed E-state index contributed by atoms with van der Waals surface area (Å²) in [5.41, 5.74) is -0.0769. The molecule has 0 saturated carbocycles. The lowest BCUT2D eigenvalue weighted by Crippen LogP contribution is -2.49. The highest BCUT2D eigenvalue weighted by molar-refractivity contribution is 5.85. The lowest BCUT2D eigenvalue weighted by molar-refractivity contribution is -0.188. The van der Waals surface area contributed by atoms with Gasteiger partial charge in [-0.25, -0.2) is 0 Å². The zero-order chi connectivity index (χ0) is 13.2. The molecule has 0 aliphatic carbocycles. The van der Waals surface area contributed by atoms with Gasteiger partial charge in [0.25, 0.3) is 0 Å². The number of nitrogens with zero attached hydrogens (tertiary/aromatic N) is 1. The van der Waals surface area contributed by atoms with E-state index >= 15 is 0 Å². The third-order valence-electron chi connectivity index (χ3n) is 3.06. The van der Waals surface area contributed by atoms with Crippen LogP contribution >= 0.6 is 24.8 Å². The Bertz CT molecular complexity index is 412. The summed E-state index contributed by atoms with van der Waals surface area (Å²) in [6, 6.07) is 3.91. The van der Waals surface area contributed by atoms with Gasteiger partial charge in [-0.05, 0) is 6.07 Å². The van der Waals surface area contributed by atoms with Crippen LogP contribution < -0.4 is 5.32 Å². The fourth-order valence-corrected chi connectivity index (χ4v) is 2.24. The van der Waals surface area contributed by atoms with E-state index in [1.807, 2.05) is 0 Å². The maximum absolute atomic E-state index is 13.2. The molecule has 0 radical (unpaired) electrons. The van der Waals surface area contributed by atoms with Crippen molar-refractivity contribution in [1.29, 1.82) is 0 Å². The Morgan fingerprint density at radius 3 is 2.15 bits per heavy atom. The zero-order valence-corrected chi connectivity index (χ0v) is 12.2. The minimum absolute atomic E-state index is 0. The van der Waals surface area contributed by atoms with E-state index in [4.69, 9.17) is 0 Å². The van der Waals surface area contributed by atoms with Gasteiger partial charge in [0, 0.05) is 31.7 Å². The Hall–Kier alpha value is -0.690. The summed E-state index contributed by atoms with van der Waals surface area (Å²) in [7, 11) is 0. The summed E-state index contributed by atoms with van der Waals surface area (Å²) >= 11 is 0. The third-order valence-corrected chi connectivity index (χ3v) is 3.06. The van der Waals surface area contributed by atoms with Crippen LogP contribution in [0.25, 0.3) is 0 Å². The van der Waals surface area contributed by atoms with Crippen LogP contribution in [0.5, 0.6) is 5.75 Å². The van der Waals surface area contributed by atoms with Gasteiger partial charge in [0.2, 0.25) is 0 Å². The number of para-hydroxylation sites is 1. The predicted molar refractivity (Wildman–Crippen MR) is 75.8 cm³/mol. The van der Waals surface area contributed by atoms with Crippen LogP contribution in [0.2, 0.25) is 0 Å². The number of benzene rings is 1. The number of piperazine rings is 1. The fraction of sp³-hybridized carbons (Fsp3) is 0.500. The summed E-state index contributed by atoms with van der Waals surface area (Å²) < 4.78 is 39.6. The van der Waals surface area contributed by atoms with Gasteiger partial charge in [-0.3, -0.25) is 4.90 Å². The molecule has 0 bridgehead atoms. The molecule has 1 aliphatic rings. The highest BCUT2D eigenvalue weighted by Gasteiger charge is 2.45. The summed E-state index contributed by atoms with van der Waals surface area (Å²) in [6.07, 6.45) is -4.39. The number of phenolic OH excluding ortho intramolecular Hbond substituents is 1. The average Bonchev–Trinajstić information content (AvgIpc) is 2.32. The van der Waals surface area contributed by atoms with Gasteiger partial charge in [0.1, 0.15) is 11.8 Å². The molecule has 0 aromatic heterocycles. The monoisotopic (exact) mass is 332 g/mol. The quantitative estimate of drug-likeness (QED) is 0.874. The number of phenols is 1. The van der Waals surface area contributed by atoms with Crippen LogP contribution in [0.3, 0.4) is 0 Å². The summed E-state index contributed by atoms with van der Waals surface area (Å²) in [5.74, 6) is -0.307. The summed E-state index contributed by atoms with van der Waals surface area (Å²) in [4.78, 5) is 1.35. The molecule has 1 aromatic carbocycles. The highest BCUT2D eigenvalue weighted by atomic mass is 35.5. The topological polar surface area (TPSA) is 35.5 Å². The molecule has 0 amide bonds. The van der Waals surface area contributed by atoms with Crippen molar-refractivity contribution in [3.05, 3.63) is 29.8 Å². The number of hydrogen-bond acceptors (Lipinski definition) is 3. The largest absolute Gasteiger partial charge is 0.508 e. The Kier molecular flexibility index (Phi) is 7.65. The Morgan fingerprint density at radius 1 is 1.10 bits per heavy atom. The van der Waals surface area contributed by atoms with E-state index < -0.39 is 12.2 Å². The first-order valence-corrected chi connectivity index (χ1v) is 5.79. The van der Waals surface area contributed by atoms with Crippen molar-refractivity contribution in [3.63, 3.8) is 0 Å². The van der Waals surface area contributed by atoms with E-state index in [2.05, 4.69) is 5.32 Å². The van der Waals surface area contributed by atoms with E-state index in [-0.39, 0.29) is 36.1 Å². The normalized spacial score (nSPS) is 17.8. The summed E-state index contributed by atoms with van der Waals surface area (Å²) in [6.45, 7) is 1.69. The average molecular weight is 333 g/mol. The molecule has 1 aromatic rings. The number of aromatic hydroxyl groups is 1. The maximum Gasteiger partial charge on any atom is 0.408 e. The van der Waals surface area contributed by atoms with E-state index in [9.17, 15) is 18.3 Å². The van der Waals surface area contributed by atoms with Crippen LogP contribution in [0.4, 0.5) is 13.2 Å². The van der Waals surface area contributed by atoms with Crippen molar-refractivity contribution in [2.24, 2.45) is 0 Å². The minimum Gasteiger partial charge on any atom is -0.508 e. The third kappa shape index (κ3) is 4.41. The number of hydrogen-bond donors (Lipinski definition) is 2. The fourth-order valence-electron chi connectivity index (χ4n) is 2.24. The van der Waals surface area contributed by atoms with E-state index in [0.717, 1.165) is 0 Å². The first-order valence-electron chi connectivity index (χ1n) is 5.79. The number of rotatable bonds is 2. The molecule has 116 valence electrons. The van der Waals surface area contributed by atoms with Crippen molar-refractivity contribution >= 4 is 24.8 Å². The second-order valence-electron chi connectivity index (χ2n) is 4.29. The van der Waals surface area contributed by atoms with E-state index in [1.165, 1.54) is 29.2 Å².